The molecule has 24 heavy (non-hydrogen) atoms. The molecule has 5 heteroatoms. The lowest BCUT2D eigenvalue weighted by Gasteiger charge is -2.35. The van der Waals surface area contributed by atoms with Crippen molar-refractivity contribution in [1.82, 2.24) is 9.88 Å². The van der Waals surface area contributed by atoms with Crippen LogP contribution in [0.3, 0.4) is 0 Å². The third kappa shape index (κ3) is 2.80. The highest BCUT2D eigenvalue weighted by Gasteiger charge is 2.23. The minimum Gasteiger partial charge on any atom is -0.368 e. The maximum atomic E-state index is 12.7. The maximum Gasteiger partial charge on any atom is 0.272 e. The maximum absolute atomic E-state index is 12.7. The Morgan fingerprint density at radius 2 is 1.67 bits per heavy atom. The summed E-state index contributed by atoms with van der Waals surface area (Å²) in [6.45, 7) is 3.10. The van der Waals surface area contributed by atoms with Gasteiger partial charge in [-0.2, -0.15) is 0 Å². The molecule has 3 aromatic rings. The molecule has 0 spiro atoms. The van der Waals surface area contributed by atoms with E-state index in [1.807, 2.05) is 53.7 Å². The first kappa shape index (κ1) is 14.6. The zero-order chi connectivity index (χ0) is 16.4. The molecule has 2 aromatic heterocycles. The topological polar surface area (TPSA) is 50.6 Å². The molecular formula is C19H19N4O+. The summed E-state index contributed by atoms with van der Waals surface area (Å²) >= 11 is 0. The van der Waals surface area contributed by atoms with Crippen LogP contribution in [-0.2, 0) is 0 Å². The molecule has 1 aliphatic rings. The van der Waals surface area contributed by atoms with Crippen molar-refractivity contribution in [2.45, 2.75) is 0 Å². The first-order chi connectivity index (χ1) is 11.8. The van der Waals surface area contributed by atoms with Gasteiger partial charge < -0.3 is 9.80 Å². The quantitative estimate of drug-likeness (QED) is 0.726. The highest BCUT2D eigenvalue weighted by atomic mass is 16.2. The van der Waals surface area contributed by atoms with Gasteiger partial charge in [-0.1, -0.05) is 24.3 Å². The second-order valence-electron chi connectivity index (χ2n) is 5.93. The number of H-pyrrole nitrogens is 1. The fraction of sp³-hybridized carbons (Fsp3) is 0.211. The highest BCUT2D eigenvalue weighted by molar-refractivity contribution is 5.95. The van der Waals surface area contributed by atoms with Crippen molar-refractivity contribution in [3.8, 4) is 0 Å². The normalized spacial score (nSPS) is 14.8. The van der Waals surface area contributed by atoms with Crippen LogP contribution < -0.4 is 9.88 Å². The Labute approximate surface area is 140 Å². The lowest BCUT2D eigenvalue weighted by atomic mass is 10.2. The number of carbonyl (C=O) groups excluding carboxylic acids is 1. The molecule has 5 nitrogen and oxygen atoms in total. The standard InChI is InChI=1S/C19H18N4O/c24-19(18-6-5-15-3-1-2-4-17(15)21-18)23-13-11-22(12-14-23)16-7-9-20-10-8-16/h1-10H,11-14H2/p+1. The number of hydrogen-bond acceptors (Lipinski definition) is 3. The number of amides is 1. The van der Waals surface area contributed by atoms with Crippen LogP contribution >= 0.6 is 0 Å². The van der Waals surface area contributed by atoms with Crippen molar-refractivity contribution >= 4 is 22.5 Å². The van der Waals surface area contributed by atoms with Gasteiger partial charge in [0.2, 0.25) is 0 Å². The number of anilines is 1. The monoisotopic (exact) mass is 319 g/mol. The van der Waals surface area contributed by atoms with Crippen molar-refractivity contribution in [2.24, 2.45) is 0 Å². The number of nitrogens with zero attached hydrogens (tertiary/aromatic N) is 3. The molecule has 1 amide bonds. The van der Waals surface area contributed by atoms with Gasteiger partial charge >= 0.3 is 0 Å². The minimum atomic E-state index is 0.0156. The van der Waals surface area contributed by atoms with Crippen LogP contribution in [0, 0.1) is 0 Å². The Morgan fingerprint density at radius 1 is 0.917 bits per heavy atom. The Balaban J connectivity index is 1.47. The molecule has 3 heterocycles. The van der Waals surface area contributed by atoms with Crippen LogP contribution in [0.5, 0.6) is 0 Å². The summed E-state index contributed by atoms with van der Waals surface area (Å²) in [4.78, 5) is 24.5. The van der Waals surface area contributed by atoms with Gasteiger partial charge in [-0.15, -0.1) is 0 Å². The number of aromatic amines is 1. The summed E-state index contributed by atoms with van der Waals surface area (Å²) in [5.41, 5.74) is 2.57. The fourth-order valence-electron chi connectivity index (χ4n) is 3.10. The average molecular weight is 319 g/mol. The fourth-order valence-corrected chi connectivity index (χ4v) is 3.10. The van der Waals surface area contributed by atoms with Crippen LogP contribution in [0.25, 0.3) is 10.9 Å². The van der Waals surface area contributed by atoms with E-state index in [1.54, 1.807) is 0 Å². The third-order valence-corrected chi connectivity index (χ3v) is 4.45. The molecule has 1 N–H and O–H groups in total. The summed E-state index contributed by atoms with van der Waals surface area (Å²) in [6, 6.07) is 15.8. The second-order valence-corrected chi connectivity index (χ2v) is 5.93. The summed E-state index contributed by atoms with van der Waals surface area (Å²) in [5, 5.41) is 1.06. The number of fused-ring (bicyclic) bond motifs is 1. The number of aromatic nitrogens is 2. The van der Waals surface area contributed by atoms with Crippen LogP contribution in [-0.4, -0.2) is 42.0 Å². The molecule has 1 saturated heterocycles. The van der Waals surface area contributed by atoms with E-state index in [1.165, 1.54) is 5.69 Å². The molecular weight excluding hydrogens is 300 g/mol. The van der Waals surface area contributed by atoms with E-state index in [-0.39, 0.29) is 5.91 Å². The molecule has 4 rings (SSSR count). The summed E-state index contributed by atoms with van der Waals surface area (Å²) < 4.78 is 0. The zero-order valence-electron chi connectivity index (χ0n) is 13.4. The number of benzene rings is 1. The Kier molecular flexibility index (Phi) is 3.83. The van der Waals surface area contributed by atoms with Crippen molar-refractivity contribution in [3.63, 3.8) is 0 Å². The molecule has 1 aromatic carbocycles. The summed E-state index contributed by atoms with van der Waals surface area (Å²) in [6.07, 6.45) is 3.84. The van der Waals surface area contributed by atoms with Gasteiger partial charge in [-0.3, -0.25) is 4.79 Å². The van der Waals surface area contributed by atoms with E-state index in [0.717, 1.165) is 24.0 Å². The van der Waals surface area contributed by atoms with Crippen molar-refractivity contribution < 1.29 is 9.78 Å². The molecule has 1 fully saturated rings. The smallest absolute Gasteiger partial charge is 0.272 e. The van der Waals surface area contributed by atoms with Crippen molar-refractivity contribution in [3.05, 3.63) is 66.6 Å². The van der Waals surface area contributed by atoms with Gasteiger partial charge in [0, 0.05) is 49.4 Å². The third-order valence-electron chi connectivity index (χ3n) is 4.45. The zero-order valence-corrected chi connectivity index (χ0v) is 13.4. The average Bonchev–Trinajstić information content (AvgIpc) is 2.68. The number of piperazine rings is 1. The van der Waals surface area contributed by atoms with Crippen LogP contribution in [0.15, 0.2) is 60.9 Å². The molecule has 0 saturated carbocycles. The van der Waals surface area contributed by atoms with Gasteiger partial charge in [0.15, 0.2) is 12.4 Å². The van der Waals surface area contributed by atoms with Crippen LogP contribution in [0.2, 0.25) is 0 Å². The summed E-state index contributed by atoms with van der Waals surface area (Å²) in [5.74, 6) is 0.0156. The Bertz CT molecular complexity index is 857. The van der Waals surface area contributed by atoms with Gasteiger partial charge in [-0.05, 0) is 12.1 Å². The van der Waals surface area contributed by atoms with Crippen molar-refractivity contribution in [1.29, 1.82) is 0 Å². The van der Waals surface area contributed by atoms with E-state index in [4.69, 9.17) is 0 Å². The Morgan fingerprint density at radius 3 is 2.46 bits per heavy atom. The van der Waals surface area contributed by atoms with Crippen LogP contribution in [0.1, 0.15) is 10.5 Å². The first-order valence-corrected chi connectivity index (χ1v) is 8.17. The van der Waals surface area contributed by atoms with E-state index >= 15 is 0 Å². The number of rotatable bonds is 2. The van der Waals surface area contributed by atoms with E-state index < -0.39 is 0 Å². The lowest BCUT2D eigenvalue weighted by Crippen LogP contribution is -2.49. The second kappa shape index (κ2) is 6.28. The number of hydrogen-bond donors (Lipinski definition) is 0. The molecule has 1 aliphatic heterocycles. The predicted octanol–water partition coefficient (Wildman–Crippen LogP) is 2.01. The molecule has 120 valence electrons. The number of para-hydroxylation sites is 1. The number of carbonyl (C=O) groups is 1. The number of nitrogens with one attached hydrogen (secondary N) is 1. The number of pyridine rings is 2. The molecule has 0 unspecified atom stereocenters. The molecule has 0 aliphatic carbocycles. The predicted molar refractivity (Wildman–Crippen MR) is 92.9 cm³/mol. The van der Waals surface area contributed by atoms with Crippen molar-refractivity contribution in [2.75, 3.05) is 31.1 Å². The Hall–Kier alpha value is -2.95. The van der Waals surface area contributed by atoms with Crippen LogP contribution in [0.4, 0.5) is 5.69 Å². The minimum absolute atomic E-state index is 0.0156. The van der Waals surface area contributed by atoms with Gasteiger partial charge in [0.1, 0.15) is 5.69 Å². The molecule has 0 atom stereocenters. The molecule has 0 radical (unpaired) electrons. The first-order valence-electron chi connectivity index (χ1n) is 8.17. The highest BCUT2D eigenvalue weighted by Crippen LogP contribution is 2.17. The molecule has 0 bridgehead atoms. The van der Waals surface area contributed by atoms with Gasteiger partial charge in [0.25, 0.3) is 5.91 Å². The van der Waals surface area contributed by atoms with Gasteiger partial charge in [0.05, 0.1) is 5.52 Å². The van der Waals surface area contributed by atoms with Gasteiger partial charge in [-0.25, -0.2) is 9.97 Å². The van der Waals surface area contributed by atoms with E-state index in [2.05, 4.69) is 27.0 Å². The van der Waals surface area contributed by atoms with E-state index in [9.17, 15) is 4.79 Å². The SMILES string of the molecule is O=C(c1ccc2ccccc2n1)N1CCN(c2cc[nH+]cc2)CC1. The largest absolute Gasteiger partial charge is 0.368 e. The summed E-state index contributed by atoms with van der Waals surface area (Å²) in [7, 11) is 0. The van der Waals surface area contributed by atoms with E-state index in [0.29, 0.717) is 18.8 Å². The lowest BCUT2D eigenvalue weighted by molar-refractivity contribution is -0.377.